The van der Waals surface area contributed by atoms with Gasteiger partial charge in [0.25, 0.3) is 10.0 Å². The molecule has 0 saturated heterocycles. The van der Waals surface area contributed by atoms with Crippen LogP contribution in [0.15, 0.2) is 82.6 Å². The highest BCUT2D eigenvalue weighted by atomic mass is 32.2. The van der Waals surface area contributed by atoms with Crippen molar-refractivity contribution in [3.63, 3.8) is 0 Å². The second-order valence-corrected chi connectivity index (χ2v) is 8.97. The predicted octanol–water partition coefficient (Wildman–Crippen LogP) is 4.67. The smallest absolute Gasteiger partial charge is 0.261 e. The lowest BCUT2D eigenvalue weighted by molar-refractivity contribution is -0.113. The average molecular weight is 431 g/mol. The van der Waals surface area contributed by atoms with Crippen LogP contribution in [0, 0.1) is 12.7 Å². The molecule has 0 aliphatic rings. The van der Waals surface area contributed by atoms with Crippen molar-refractivity contribution in [2.24, 2.45) is 0 Å². The number of anilines is 2. The van der Waals surface area contributed by atoms with Crippen LogP contribution in [0.2, 0.25) is 0 Å². The number of carbonyl (C=O) groups excluding carboxylic acids is 1. The van der Waals surface area contributed by atoms with E-state index in [0.717, 1.165) is 10.5 Å². The van der Waals surface area contributed by atoms with Crippen LogP contribution >= 0.6 is 11.8 Å². The van der Waals surface area contributed by atoms with Gasteiger partial charge < -0.3 is 5.32 Å². The summed E-state index contributed by atoms with van der Waals surface area (Å²) in [4.78, 5) is 13.1. The van der Waals surface area contributed by atoms with E-state index in [1.165, 1.54) is 36.0 Å². The maximum Gasteiger partial charge on any atom is 0.261 e. The highest BCUT2D eigenvalue weighted by Gasteiger charge is 2.15. The Morgan fingerprint density at radius 1 is 1.00 bits per heavy atom. The average Bonchev–Trinajstić information content (AvgIpc) is 2.70. The lowest BCUT2D eigenvalue weighted by Gasteiger charge is -2.13. The first-order valence-corrected chi connectivity index (χ1v) is 11.2. The van der Waals surface area contributed by atoms with Crippen LogP contribution < -0.4 is 10.0 Å². The van der Waals surface area contributed by atoms with Crippen LogP contribution in [0.3, 0.4) is 0 Å². The molecule has 0 heterocycles. The van der Waals surface area contributed by atoms with E-state index in [-0.39, 0.29) is 22.4 Å². The second-order valence-electron chi connectivity index (χ2n) is 6.24. The van der Waals surface area contributed by atoms with E-state index < -0.39 is 10.0 Å². The summed E-state index contributed by atoms with van der Waals surface area (Å²) in [5, 5.41) is 2.75. The summed E-state index contributed by atoms with van der Waals surface area (Å²) in [6, 6.07) is 19.0. The SMILES string of the molecule is Cc1ccc(NC(=O)CSc2ccc(F)cc2)cc1NS(=O)(=O)c1ccccc1. The van der Waals surface area contributed by atoms with E-state index in [4.69, 9.17) is 0 Å². The Labute approximate surface area is 173 Å². The van der Waals surface area contributed by atoms with E-state index in [1.807, 2.05) is 0 Å². The monoisotopic (exact) mass is 430 g/mol. The van der Waals surface area contributed by atoms with Gasteiger partial charge in [-0.1, -0.05) is 24.3 Å². The van der Waals surface area contributed by atoms with Gasteiger partial charge in [-0.3, -0.25) is 9.52 Å². The van der Waals surface area contributed by atoms with Crippen LogP contribution in [-0.2, 0) is 14.8 Å². The number of thioether (sulfide) groups is 1. The molecule has 0 radical (unpaired) electrons. The van der Waals surface area contributed by atoms with Gasteiger partial charge >= 0.3 is 0 Å². The molecule has 3 rings (SSSR count). The Morgan fingerprint density at radius 3 is 2.38 bits per heavy atom. The third kappa shape index (κ3) is 5.82. The normalized spacial score (nSPS) is 11.1. The fourth-order valence-electron chi connectivity index (χ4n) is 2.49. The van der Waals surface area contributed by atoms with Gasteiger partial charge in [0.15, 0.2) is 0 Å². The quantitative estimate of drug-likeness (QED) is 0.535. The van der Waals surface area contributed by atoms with Crippen molar-refractivity contribution in [2.75, 3.05) is 15.8 Å². The zero-order valence-corrected chi connectivity index (χ0v) is 17.2. The Balaban J connectivity index is 1.67. The molecule has 0 aliphatic heterocycles. The van der Waals surface area contributed by atoms with Crippen molar-refractivity contribution >= 4 is 39.1 Å². The number of amides is 1. The number of hydrogen-bond donors (Lipinski definition) is 2. The molecule has 0 aliphatic carbocycles. The van der Waals surface area contributed by atoms with E-state index in [0.29, 0.717) is 11.4 Å². The third-order valence-electron chi connectivity index (χ3n) is 4.00. The Kier molecular flexibility index (Phi) is 6.56. The minimum absolute atomic E-state index is 0.143. The number of rotatable bonds is 7. The summed E-state index contributed by atoms with van der Waals surface area (Å²) in [5.41, 5.74) is 1.59. The maximum absolute atomic E-state index is 12.9. The van der Waals surface area contributed by atoms with Crippen molar-refractivity contribution in [3.8, 4) is 0 Å². The van der Waals surface area contributed by atoms with E-state index in [2.05, 4.69) is 10.0 Å². The molecule has 2 N–H and O–H groups in total. The number of aryl methyl sites for hydroxylation is 1. The molecule has 29 heavy (non-hydrogen) atoms. The summed E-state index contributed by atoms with van der Waals surface area (Å²) >= 11 is 1.28. The molecule has 0 saturated carbocycles. The molecule has 5 nitrogen and oxygen atoms in total. The molecular weight excluding hydrogens is 411 g/mol. The van der Waals surface area contributed by atoms with Gasteiger partial charge in [-0.25, -0.2) is 12.8 Å². The number of carbonyl (C=O) groups is 1. The van der Waals surface area contributed by atoms with Gasteiger partial charge in [0.2, 0.25) is 5.91 Å². The lowest BCUT2D eigenvalue weighted by Crippen LogP contribution is -2.16. The summed E-state index contributed by atoms with van der Waals surface area (Å²) in [6.45, 7) is 1.78. The minimum Gasteiger partial charge on any atom is -0.325 e. The fourth-order valence-corrected chi connectivity index (χ4v) is 4.33. The molecule has 0 atom stereocenters. The van der Waals surface area contributed by atoms with E-state index >= 15 is 0 Å². The molecule has 0 unspecified atom stereocenters. The summed E-state index contributed by atoms with van der Waals surface area (Å²) < 4.78 is 40.6. The zero-order valence-electron chi connectivity index (χ0n) is 15.6. The highest BCUT2D eigenvalue weighted by Crippen LogP contribution is 2.24. The molecule has 0 spiro atoms. The second kappa shape index (κ2) is 9.11. The van der Waals surface area contributed by atoms with Gasteiger partial charge in [0.1, 0.15) is 5.82 Å². The molecule has 0 fully saturated rings. The third-order valence-corrected chi connectivity index (χ3v) is 6.40. The van der Waals surface area contributed by atoms with Gasteiger partial charge in [-0.15, -0.1) is 11.8 Å². The van der Waals surface area contributed by atoms with Crippen LogP contribution in [0.4, 0.5) is 15.8 Å². The first kappa shape index (κ1) is 20.9. The standard InChI is InChI=1S/C21H19FN2O3S2/c1-15-7-10-17(23-21(25)14-28-18-11-8-16(22)9-12-18)13-20(15)24-29(26,27)19-5-3-2-4-6-19/h2-13,24H,14H2,1H3,(H,23,25). The predicted molar refractivity (Wildman–Crippen MR) is 114 cm³/mol. The summed E-state index contributed by atoms with van der Waals surface area (Å²) in [5.74, 6) is -0.436. The molecule has 1 amide bonds. The lowest BCUT2D eigenvalue weighted by atomic mass is 10.2. The largest absolute Gasteiger partial charge is 0.325 e. The molecule has 150 valence electrons. The van der Waals surface area contributed by atoms with Gasteiger partial charge in [-0.2, -0.15) is 0 Å². The van der Waals surface area contributed by atoms with Gasteiger partial charge in [0.05, 0.1) is 16.3 Å². The fraction of sp³-hybridized carbons (Fsp3) is 0.0952. The molecule has 0 bridgehead atoms. The molecule has 8 heteroatoms. The first-order valence-electron chi connectivity index (χ1n) is 8.70. The number of halogens is 1. The Hall–Kier alpha value is -2.84. The van der Waals surface area contributed by atoms with Crippen molar-refractivity contribution in [3.05, 3.63) is 84.2 Å². The molecule has 3 aromatic rings. The number of hydrogen-bond acceptors (Lipinski definition) is 4. The van der Waals surface area contributed by atoms with Crippen LogP contribution in [0.1, 0.15) is 5.56 Å². The van der Waals surface area contributed by atoms with Crippen LogP contribution in [0.5, 0.6) is 0 Å². The van der Waals surface area contributed by atoms with E-state index in [1.54, 1.807) is 55.5 Å². The summed E-state index contributed by atoms with van der Waals surface area (Å²) in [7, 11) is -3.73. The highest BCUT2D eigenvalue weighted by molar-refractivity contribution is 8.00. The number of sulfonamides is 1. The minimum atomic E-state index is -3.73. The van der Waals surface area contributed by atoms with Crippen molar-refractivity contribution < 1.29 is 17.6 Å². The Bertz CT molecular complexity index is 1100. The van der Waals surface area contributed by atoms with Gasteiger partial charge in [-0.05, 0) is 61.0 Å². The van der Waals surface area contributed by atoms with E-state index in [9.17, 15) is 17.6 Å². The van der Waals surface area contributed by atoms with Crippen molar-refractivity contribution in [1.82, 2.24) is 0 Å². The topological polar surface area (TPSA) is 75.3 Å². The molecular formula is C21H19FN2O3S2. The molecule has 3 aromatic carbocycles. The maximum atomic E-state index is 12.9. The van der Waals surface area contributed by atoms with Gasteiger partial charge in [0, 0.05) is 10.6 Å². The number of benzene rings is 3. The number of nitrogens with one attached hydrogen (secondary N) is 2. The van der Waals surface area contributed by atoms with Crippen molar-refractivity contribution in [1.29, 1.82) is 0 Å². The summed E-state index contributed by atoms with van der Waals surface area (Å²) in [6.07, 6.45) is 0. The van der Waals surface area contributed by atoms with Crippen molar-refractivity contribution in [2.45, 2.75) is 16.7 Å². The first-order chi connectivity index (χ1) is 13.8. The van der Waals surface area contributed by atoms with Crippen LogP contribution in [-0.4, -0.2) is 20.1 Å². The zero-order chi connectivity index (χ0) is 20.9. The van der Waals surface area contributed by atoms with Crippen LogP contribution in [0.25, 0.3) is 0 Å². The Morgan fingerprint density at radius 2 is 1.69 bits per heavy atom. The molecule has 0 aromatic heterocycles.